The highest BCUT2D eigenvalue weighted by Crippen LogP contribution is 2.40. The van der Waals surface area contributed by atoms with Crippen LogP contribution in [0.2, 0.25) is 0 Å². The van der Waals surface area contributed by atoms with E-state index in [1.165, 1.54) is 56.5 Å². The van der Waals surface area contributed by atoms with Crippen molar-refractivity contribution in [3.05, 3.63) is 11.5 Å². The van der Waals surface area contributed by atoms with Crippen LogP contribution in [0.25, 0.3) is 0 Å². The van der Waals surface area contributed by atoms with Crippen LogP contribution in [0.4, 0.5) is 5.82 Å². The fraction of sp³-hybridized carbons (Fsp3) is 0.812. The smallest absolute Gasteiger partial charge is 0.127 e. The zero-order valence-corrected chi connectivity index (χ0v) is 12.2. The fourth-order valence-corrected chi connectivity index (χ4v) is 3.50. The first kappa shape index (κ1) is 13.0. The van der Waals surface area contributed by atoms with Crippen molar-refractivity contribution in [3.63, 3.8) is 0 Å². The molecule has 0 atom stereocenters. The van der Waals surface area contributed by atoms with E-state index in [1.54, 1.807) is 0 Å². The Bertz CT molecular complexity index is 425. The monoisotopic (exact) mass is 261 g/mol. The van der Waals surface area contributed by atoms with Gasteiger partial charge in [-0.1, -0.05) is 39.0 Å². The normalized spacial score (nSPS) is 20.9. The number of aromatic nitrogens is 2. The van der Waals surface area contributed by atoms with Gasteiger partial charge in [0.05, 0.1) is 5.69 Å². The van der Waals surface area contributed by atoms with Gasteiger partial charge in [0.1, 0.15) is 11.6 Å². The molecule has 0 spiro atoms. The maximum atomic E-state index is 6.39. The molecule has 1 aromatic heterocycles. The quantitative estimate of drug-likeness (QED) is 0.874. The first-order valence-electron chi connectivity index (χ1n) is 8.15. The Labute approximate surface area is 116 Å². The lowest BCUT2D eigenvalue weighted by atomic mass is 9.86. The van der Waals surface area contributed by atoms with Gasteiger partial charge in [0.25, 0.3) is 0 Å². The molecule has 2 N–H and O–H groups in total. The molecule has 1 heterocycles. The van der Waals surface area contributed by atoms with E-state index >= 15 is 0 Å². The van der Waals surface area contributed by atoms with Crippen molar-refractivity contribution in [1.82, 2.24) is 9.55 Å². The molecule has 106 valence electrons. The third-order valence-corrected chi connectivity index (χ3v) is 4.69. The maximum absolute atomic E-state index is 6.39. The average molecular weight is 261 g/mol. The standard InChI is InChI=1S/C16H27N3/c1-2-6-15-18-14(11-12-7-4-3-5-8-12)16(17)19(15)13-9-10-13/h12-13H,2-11,17H2,1H3. The average Bonchev–Trinajstić information content (AvgIpc) is 3.20. The topological polar surface area (TPSA) is 43.8 Å². The first-order chi connectivity index (χ1) is 9.29. The Hall–Kier alpha value is -0.990. The number of rotatable bonds is 5. The largest absolute Gasteiger partial charge is 0.384 e. The third kappa shape index (κ3) is 2.80. The van der Waals surface area contributed by atoms with Crippen LogP contribution >= 0.6 is 0 Å². The number of nitrogens with two attached hydrogens (primary N) is 1. The summed E-state index contributed by atoms with van der Waals surface area (Å²) in [4.78, 5) is 4.89. The molecular formula is C16H27N3. The summed E-state index contributed by atoms with van der Waals surface area (Å²) in [6.45, 7) is 2.23. The van der Waals surface area contributed by atoms with E-state index in [0.29, 0.717) is 6.04 Å². The molecule has 3 nitrogen and oxygen atoms in total. The highest BCUT2D eigenvalue weighted by Gasteiger charge is 2.30. The number of aryl methyl sites for hydroxylation is 1. The SMILES string of the molecule is CCCc1nc(CC2CCCCC2)c(N)n1C1CC1. The van der Waals surface area contributed by atoms with Gasteiger partial charge in [-0.3, -0.25) is 0 Å². The van der Waals surface area contributed by atoms with E-state index in [0.717, 1.165) is 31.0 Å². The van der Waals surface area contributed by atoms with Gasteiger partial charge in [-0.2, -0.15) is 0 Å². The predicted octanol–water partition coefficient (Wildman–Crippen LogP) is 3.88. The lowest BCUT2D eigenvalue weighted by Crippen LogP contribution is -2.11. The minimum Gasteiger partial charge on any atom is -0.384 e. The Morgan fingerprint density at radius 1 is 1.16 bits per heavy atom. The molecule has 0 amide bonds. The van der Waals surface area contributed by atoms with Crippen molar-refractivity contribution in [1.29, 1.82) is 0 Å². The van der Waals surface area contributed by atoms with E-state index < -0.39 is 0 Å². The molecule has 19 heavy (non-hydrogen) atoms. The summed E-state index contributed by atoms with van der Waals surface area (Å²) in [7, 11) is 0. The van der Waals surface area contributed by atoms with Crippen LogP contribution in [0.1, 0.15) is 75.9 Å². The van der Waals surface area contributed by atoms with Crippen molar-refractivity contribution in [2.24, 2.45) is 5.92 Å². The van der Waals surface area contributed by atoms with Gasteiger partial charge in [0.15, 0.2) is 0 Å². The number of nitrogen functional groups attached to an aromatic ring is 1. The molecule has 3 heteroatoms. The van der Waals surface area contributed by atoms with Crippen LogP contribution in [0, 0.1) is 5.92 Å². The van der Waals surface area contributed by atoms with Gasteiger partial charge in [-0.25, -0.2) is 4.98 Å². The molecule has 2 fully saturated rings. The molecule has 0 radical (unpaired) electrons. The molecule has 2 aliphatic rings. The molecule has 2 saturated carbocycles. The highest BCUT2D eigenvalue weighted by atomic mass is 15.2. The number of hydrogen-bond donors (Lipinski definition) is 1. The number of nitrogens with zero attached hydrogens (tertiary/aromatic N) is 2. The lowest BCUT2D eigenvalue weighted by Gasteiger charge is -2.20. The predicted molar refractivity (Wildman–Crippen MR) is 79.2 cm³/mol. The van der Waals surface area contributed by atoms with E-state index in [1.807, 2.05) is 0 Å². The van der Waals surface area contributed by atoms with Crippen molar-refractivity contribution in [3.8, 4) is 0 Å². The van der Waals surface area contributed by atoms with Gasteiger partial charge in [-0.15, -0.1) is 0 Å². The third-order valence-electron chi connectivity index (χ3n) is 4.69. The van der Waals surface area contributed by atoms with E-state index in [-0.39, 0.29) is 0 Å². The number of imidazole rings is 1. The summed E-state index contributed by atoms with van der Waals surface area (Å²) in [6, 6.07) is 0.661. The second-order valence-corrected chi connectivity index (χ2v) is 6.42. The van der Waals surface area contributed by atoms with Gasteiger partial charge >= 0.3 is 0 Å². The van der Waals surface area contributed by atoms with E-state index in [2.05, 4.69) is 11.5 Å². The summed E-state index contributed by atoms with van der Waals surface area (Å²) in [6.07, 6.45) is 12.9. The van der Waals surface area contributed by atoms with Crippen LogP contribution in [0.5, 0.6) is 0 Å². The minimum absolute atomic E-state index is 0.661. The summed E-state index contributed by atoms with van der Waals surface area (Å²) in [5, 5.41) is 0. The van der Waals surface area contributed by atoms with Crippen molar-refractivity contribution in [2.45, 2.75) is 77.2 Å². The van der Waals surface area contributed by atoms with Crippen molar-refractivity contribution < 1.29 is 0 Å². The van der Waals surface area contributed by atoms with Crippen molar-refractivity contribution in [2.75, 3.05) is 5.73 Å². The van der Waals surface area contributed by atoms with Crippen LogP contribution in [0.15, 0.2) is 0 Å². The Kier molecular flexibility index (Phi) is 3.81. The van der Waals surface area contributed by atoms with Gasteiger partial charge in [0, 0.05) is 12.5 Å². The van der Waals surface area contributed by atoms with Crippen molar-refractivity contribution >= 4 is 5.82 Å². The van der Waals surface area contributed by atoms with Crippen LogP contribution in [0.3, 0.4) is 0 Å². The van der Waals surface area contributed by atoms with Gasteiger partial charge in [0.2, 0.25) is 0 Å². The lowest BCUT2D eigenvalue weighted by molar-refractivity contribution is 0.355. The van der Waals surface area contributed by atoms with Gasteiger partial charge < -0.3 is 10.3 Å². The maximum Gasteiger partial charge on any atom is 0.127 e. The Morgan fingerprint density at radius 3 is 2.53 bits per heavy atom. The second-order valence-electron chi connectivity index (χ2n) is 6.42. The molecule has 3 rings (SSSR count). The summed E-state index contributed by atoms with van der Waals surface area (Å²) in [5.74, 6) is 3.05. The van der Waals surface area contributed by atoms with Crippen LogP contribution < -0.4 is 5.73 Å². The highest BCUT2D eigenvalue weighted by molar-refractivity contribution is 5.40. The number of anilines is 1. The van der Waals surface area contributed by atoms with Crippen LogP contribution in [-0.2, 0) is 12.8 Å². The molecule has 1 aromatic rings. The fourth-order valence-electron chi connectivity index (χ4n) is 3.50. The summed E-state index contributed by atoms with van der Waals surface area (Å²) >= 11 is 0. The Morgan fingerprint density at radius 2 is 1.89 bits per heavy atom. The molecule has 0 saturated heterocycles. The zero-order chi connectivity index (χ0) is 13.2. The molecular weight excluding hydrogens is 234 g/mol. The van der Waals surface area contributed by atoms with Gasteiger partial charge in [-0.05, 0) is 31.6 Å². The minimum atomic E-state index is 0.661. The number of hydrogen-bond acceptors (Lipinski definition) is 2. The molecule has 2 aliphatic carbocycles. The molecule has 0 bridgehead atoms. The Balaban J connectivity index is 1.78. The molecule has 0 unspecified atom stereocenters. The van der Waals surface area contributed by atoms with Crippen LogP contribution in [-0.4, -0.2) is 9.55 Å². The van der Waals surface area contributed by atoms with E-state index in [9.17, 15) is 0 Å². The first-order valence-corrected chi connectivity index (χ1v) is 8.15. The molecule has 0 aliphatic heterocycles. The molecule has 0 aromatic carbocycles. The summed E-state index contributed by atoms with van der Waals surface area (Å²) < 4.78 is 2.35. The second kappa shape index (κ2) is 5.56. The van der Waals surface area contributed by atoms with E-state index in [4.69, 9.17) is 10.7 Å². The zero-order valence-electron chi connectivity index (χ0n) is 12.2. The summed E-state index contributed by atoms with van der Waals surface area (Å²) in [5.41, 5.74) is 7.59.